The molecular weight excluding hydrogens is 408 g/mol. The smallest absolute Gasteiger partial charge is 0.134 e. The van der Waals surface area contributed by atoms with E-state index >= 15 is 0 Å². The lowest BCUT2D eigenvalue weighted by Crippen LogP contribution is -2.64. The van der Waals surface area contributed by atoms with Crippen LogP contribution in [-0.4, -0.2) is 56.0 Å². The van der Waals surface area contributed by atoms with Crippen LogP contribution in [0.4, 0.5) is 0 Å². The van der Waals surface area contributed by atoms with E-state index < -0.39 is 41.0 Å². The molecule has 0 unspecified atom stereocenters. The van der Waals surface area contributed by atoms with E-state index in [0.29, 0.717) is 12.8 Å². The Labute approximate surface area is 188 Å². The Bertz CT molecular complexity index is 908. The molecule has 0 amide bonds. The van der Waals surface area contributed by atoms with Crippen LogP contribution < -0.4 is 0 Å². The molecular formula is C26H32O6. The molecule has 0 saturated heterocycles. The Morgan fingerprint density at radius 2 is 1.25 bits per heavy atom. The molecule has 3 fully saturated rings. The summed E-state index contributed by atoms with van der Waals surface area (Å²) >= 11 is 0. The van der Waals surface area contributed by atoms with E-state index in [-0.39, 0.29) is 13.2 Å². The maximum Gasteiger partial charge on any atom is 0.134 e. The minimum Gasteiger partial charge on any atom is -0.387 e. The van der Waals surface area contributed by atoms with Crippen molar-refractivity contribution in [1.82, 2.24) is 0 Å². The van der Waals surface area contributed by atoms with Crippen molar-refractivity contribution >= 4 is 0 Å². The summed E-state index contributed by atoms with van der Waals surface area (Å²) in [6.07, 6.45) is -0.957. The normalized spacial score (nSPS) is 37.8. The third kappa shape index (κ3) is 3.01. The number of hydrogen-bond acceptors (Lipinski definition) is 6. The van der Waals surface area contributed by atoms with Crippen molar-refractivity contribution in [3.63, 3.8) is 0 Å². The topological polar surface area (TPSA) is 99.4 Å². The van der Waals surface area contributed by atoms with E-state index in [2.05, 4.69) is 0 Å². The molecule has 1 spiro atoms. The van der Waals surface area contributed by atoms with E-state index in [9.17, 15) is 20.4 Å². The zero-order valence-electron chi connectivity index (χ0n) is 18.1. The van der Waals surface area contributed by atoms with E-state index in [0.717, 1.165) is 30.4 Å². The first-order valence-electron chi connectivity index (χ1n) is 11.6. The monoisotopic (exact) mass is 440 g/mol. The molecule has 0 aromatic heterocycles. The summed E-state index contributed by atoms with van der Waals surface area (Å²) in [5.74, 6) is 0. The van der Waals surface area contributed by atoms with Gasteiger partial charge in [0.2, 0.25) is 0 Å². The average molecular weight is 441 g/mol. The molecule has 4 N–H and O–H groups in total. The van der Waals surface area contributed by atoms with E-state index in [4.69, 9.17) is 9.47 Å². The summed E-state index contributed by atoms with van der Waals surface area (Å²) in [6.45, 7) is 0.399. The molecule has 6 heteroatoms. The minimum absolute atomic E-state index is 0.196. The van der Waals surface area contributed by atoms with Gasteiger partial charge in [-0.05, 0) is 24.0 Å². The van der Waals surface area contributed by atoms with Gasteiger partial charge in [-0.1, -0.05) is 79.9 Å². The molecule has 6 atom stereocenters. The minimum atomic E-state index is -1.81. The van der Waals surface area contributed by atoms with Gasteiger partial charge in [0.05, 0.1) is 13.2 Å². The largest absolute Gasteiger partial charge is 0.387 e. The molecule has 3 saturated carbocycles. The highest BCUT2D eigenvalue weighted by Crippen LogP contribution is 2.76. The van der Waals surface area contributed by atoms with Gasteiger partial charge in [0.1, 0.15) is 35.6 Å². The number of aliphatic hydroxyl groups excluding tert-OH is 2. The lowest BCUT2D eigenvalue weighted by atomic mass is 9.81. The van der Waals surface area contributed by atoms with Crippen LogP contribution in [0.3, 0.4) is 0 Å². The Hall–Kier alpha value is -1.80. The van der Waals surface area contributed by atoms with Crippen LogP contribution in [0.25, 0.3) is 0 Å². The maximum absolute atomic E-state index is 12.0. The molecule has 0 radical (unpaired) electrons. The third-order valence-corrected chi connectivity index (χ3v) is 8.04. The zero-order chi connectivity index (χ0) is 22.4. The Kier molecular flexibility index (Phi) is 5.64. The highest BCUT2D eigenvalue weighted by atomic mass is 16.6. The first kappa shape index (κ1) is 22.0. The summed E-state index contributed by atoms with van der Waals surface area (Å²) in [7, 11) is 0. The van der Waals surface area contributed by atoms with Gasteiger partial charge in [-0.2, -0.15) is 0 Å². The van der Waals surface area contributed by atoms with Crippen molar-refractivity contribution in [2.75, 3.05) is 0 Å². The standard InChI is InChI=1S/C26H32O6/c27-20-21(31-16-18-10-4-1-5-11-18)23(32-17-19-12-6-2-7-13-19)26(30)24(14-8-3-9-15-24)25(26,29)22(20)28/h1-2,4-7,10-13,20-23,27-30H,3,8-9,14-17H2/t20-,21-,22+,23+,25+,26-/m1/s1. The Morgan fingerprint density at radius 1 is 0.719 bits per heavy atom. The Morgan fingerprint density at radius 3 is 1.81 bits per heavy atom. The summed E-state index contributed by atoms with van der Waals surface area (Å²) in [6, 6.07) is 19.1. The van der Waals surface area contributed by atoms with Crippen LogP contribution in [0.1, 0.15) is 43.2 Å². The summed E-state index contributed by atoms with van der Waals surface area (Å²) < 4.78 is 12.3. The van der Waals surface area contributed by atoms with Crippen molar-refractivity contribution in [3.8, 4) is 0 Å². The van der Waals surface area contributed by atoms with Crippen LogP contribution in [0.5, 0.6) is 0 Å². The molecule has 0 aliphatic heterocycles. The maximum atomic E-state index is 12.0. The fraction of sp³-hybridized carbons (Fsp3) is 0.538. The van der Waals surface area contributed by atoms with Crippen LogP contribution in [0.2, 0.25) is 0 Å². The number of hydrogen-bond donors (Lipinski definition) is 4. The number of aliphatic hydroxyl groups is 4. The highest BCUT2D eigenvalue weighted by Gasteiger charge is 2.94. The van der Waals surface area contributed by atoms with Crippen LogP contribution in [0.15, 0.2) is 60.7 Å². The molecule has 0 heterocycles. The lowest BCUT2D eigenvalue weighted by Gasteiger charge is -2.43. The first-order chi connectivity index (χ1) is 15.5. The van der Waals surface area contributed by atoms with Gasteiger partial charge in [-0.3, -0.25) is 0 Å². The number of rotatable bonds is 6. The first-order valence-corrected chi connectivity index (χ1v) is 11.6. The fourth-order valence-corrected chi connectivity index (χ4v) is 6.40. The molecule has 172 valence electrons. The van der Waals surface area contributed by atoms with Crippen molar-refractivity contribution in [1.29, 1.82) is 0 Å². The predicted octanol–water partition coefficient (Wildman–Crippen LogP) is 2.32. The van der Waals surface area contributed by atoms with Crippen LogP contribution in [0, 0.1) is 5.41 Å². The average Bonchev–Trinajstić information content (AvgIpc) is 3.25. The van der Waals surface area contributed by atoms with Gasteiger partial charge < -0.3 is 29.9 Å². The second kappa shape index (κ2) is 8.20. The van der Waals surface area contributed by atoms with Crippen LogP contribution in [-0.2, 0) is 22.7 Å². The summed E-state index contributed by atoms with van der Waals surface area (Å²) in [4.78, 5) is 0. The van der Waals surface area contributed by atoms with Crippen LogP contribution >= 0.6 is 0 Å². The molecule has 6 nitrogen and oxygen atoms in total. The molecule has 0 bridgehead atoms. The predicted molar refractivity (Wildman–Crippen MR) is 117 cm³/mol. The number of benzene rings is 2. The van der Waals surface area contributed by atoms with Crippen molar-refractivity contribution in [2.45, 2.75) is 80.9 Å². The lowest BCUT2D eigenvalue weighted by molar-refractivity contribution is -0.251. The molecule has 2 aromatic rings. The quantitative estimate of drug-likeness (QED) is 0.550. The van der Waals surface area contributed by atoms with E-state index in [1.165, 1.54) is 0 Å². The SMILES string of the molecule is O[C@@H]1[C@@H](OCc2ccccc2)[C@H](OCc2ccccc2)[C@@]2(O)C3(CCCCC3)[C@@]2(O)[C@H]1O. The number of ether oxygens (including phenoxy) is 2. The van der Waals surface area contributed by atoms with Gasteiger partial charge in [-0.25, -0.2) is 0 Å². The van der Waals surface area contributed by atoms with E-state index in [1.54, 1.807) is 0 Å². The molecule has 3 aliphatic rings. The molecule has 3 aliphatic carbocycles. The molecule has 32 heavy (non-hydrogen) atoms. The fourth-order valence-electron chi connectivity index (χ4n) is 6.40. The van der Waals surface area contributed by atoms with Crippen molar-refractivity contribution in [2.24, 2.45) is 5.41 Å². The second-order valence-electron chi connectivity index (χ2n) is 9.59. The third-order valence-electron chi connectivity index (χ3n) is 8.04. The van der Waals surface area contributed by atoms with Gasteiger partial charge in [0.25, 0.3) is 0 Å². The van der Waals surface area contributed by atoms with Gasteiger partial charge in [0, 0.05) is 5.41 Å². The van der Waals surface area contributed by atoms with E-state index in [1.807, 2.05) is 60.7 Å². The van der Waals surface area contributed by atoms with Gasteiger partial charge >= 0.3 is 0 Å². The summed E-state index contributed by atoms with van der Waals surface area (Å²) in [5.41, 5.74) is -2.57. The molecule has 2 aromatic carbocycles. The number of fused-ring (bicyclic) bond motifs is 3. The van der Waals surface area contributed by atoms with Crippen molar-refractivity contribution in [3.05, 3.63) is 71.8 Å². The zero-order valence-corrected chi connectivity index (χ0v) is 18.1. The second-order valence-corrected chi connectivity index (χ2v) is 9.59. The summed E-state index contributed by atoms with van der Waals surface area (Å²) in [5, 5.41) is 45.6. The van der Waals surface area contributed by atoms with Crippen molar-refractivity contribution < 1.29 is 29.9 Å². The van der Waals surface area contributed by atoms with Gasteiger partial charge in [0.15, 0.2) is 0 Å². The van der Waals surface area contributed by atoms with Gasteiger partial charge in [-0.15, -0.1) is 0 Å². The molecule has 5 rings (SSSR count). The highest BCUT2D eigenvalue weighted by molar-refractivity contribution is 5.44. The Balaban J connectivity index is 1.47.